The second-order valence-electron chi connectivity index (χ2n) is 10.2. The summed E-state index contributed by atoms with van der Waals surface area (Å²) in [5.41, 5.74) is 2.55. The first-order valence-corrected chi connectivity index (χ1v) is 14.4. The van der Waals surface area contributed by atoms with Gasteiger partial charge in [-0.25, -0.2) is 19.4 Å². The third-order valence-electron chi connectivity index (χ3n) is 6.76. The van der Waals surface area contributed by atoms with Gasteiger partial charge in [-0.05, 0) is 37.5 Å². The maximum absolute atomic E-state index is 10.6. The summed E-state index contributed by atoms with van der Waals surface area (Å²) in [4.78, 5) is 37.1. The molecule has 0 unspecified atom stereocenters. The van der Waals surface area contributed by atoms with Crippen molar-refractivity contribution in [2.24, 2.45) is 0 Å². The van der Waals surface area contributed by atoms with Gasteiger partial charge in [-0.2, -0.15) is 39.5 Å². The van der Waals surface area contributed by atoms with E-state index in [1.807, 2.05) is 11.3 Å². The number of piperidine rings is 1. The van der Waals surface area contributed by atoms with Crippen molar-refractivity contribution in [3.05, 3.63) is 64.2 Å². The Bertz CT molecular complexity index is 1460. The number of carbonyl (C=O) groups is 3. The molecule has 10 nitrogen and oxygen atoms in total. The molecule has 2 aliphatic rings. The fourth-order valence-electron chi connectivity index (χ4n) is 4.59. The molecule has 266 valence electrons. The molecule has 4 heterocycles. The summed E-state index contributed by atoms with van der Waals surface area (Å²) in [5, 5.41) is 25.2. The summed E-state index contributed by atoms with van der Waals surface area (Å²) < 4.78 is 97.7. The number of fused-ring (bicyclic) bond motifs is 2. The Morgan fingerprint density at radius 1 is 0.812 bits per heavy atom. The molecule has 5 rings (SSSR count). The SMILES string of the molecule is Cc1ccc(CN2CCC3(CC2)NCCn2c(-c4ccccc4)cnc23)s1.O=C(O)C(F)(F)F.O=C(O)C(F)(F)F.O=C(O)C(F)(F)F. The smallest absolute Gasteiger partial charge is 0.475 e. The fraction of sp³-hybridized carbons (Fsp3) is 0.429. The van der Waals surface area contributed by atoms with E-state index >= 15 is 0 Å². The molecule has 0 radical (unpaired) electrons. The number of carboxylic acid groups (broad SMARTS) is 3. The zero-order valence-electron chi connectivity index (χ0n) is 24.8. The Morgan fingerprint density at radius 2 is 1.29 bits per heavy atom. The Balaban J connectivity index is 0.000000313. The maximum atomic E-state index is 10.6. The summed E-state index contributed by atoms with van der Waals surface area (Å²) in [6, 6.07) is 15.2. The van der Waals surface area contributed by atoms with Crippen LogP contribution in [0.5, 0.6) is 0 Å². The summed E-state index contributed by atoms with van der Waals surface area (Å²) >= 11 is 1.92. The van der Waals surface area contributed by atoms with E-state index in [2.05, 4.69) is 70.4 Å². The molecule has 1 aromatic carbocycles. The van der Waals surface area contributed by atoms with E-state index in [1.165, 1.54) is 26.8 Å². The van der Waals surface area contributed by atoms with Crippen molar-refractivity contribution in [1.29, 1.82) is 0 Å². The van der Waals surface area contributed by atoms with Gasteiger partial charge in [-0.15, -0.1) is 11.3 Å². The van der Waals surface area contributed by atoms with E-state index in [0.717, 1.165) is 45.6 Å². The van der Waals surface area contributed by atoms with Crippen LogP contribution in [0.15, 0.2) is 48.7 Å². The minimum atomic E-state index is -5.08. The van der Waals surface area contributed by atoms with E-state index in [9.17, 15) is 39.5 Å². The van der Waals surface area contributed by atoms with E-state index in [1.54, 1.807) is 0 Å². The standard InChI is InChI=1S/C22H26N4S.3C2HF3O2/c1-17-7-8-19(27-17)16-25-12-9-22(10-13-25)21-23-15-20(26(21)14-11-24-22)18-5-3-2-4-6-18;3*3-2(4,5)1(6)7/h2-8,15,24H,9-14,16H2,1H3;3*(H,6,7). The van der Waals surface area contributed by atoms with Crippen molar-refractivity contribution in [3.63, 3.8) is 0 Å². The van der Waals surface area contributed by atoms with Gasteiger partial charge in [0.15, 0.2) is 0 Å². The van der Waals surface area contributed by atoms with Crippen LogP contribution in [-0.2, 0) is 33.0 Å². The van der Waals surface area contributed by atoms with Crippen LogP contribution in [0.25, 0.3) is 11.3 Å². The van der Waals surface area contributed by atoms with Crippen LogP contribution in [0, 0.1) is 6.92 Å². The third kappa shape index (κ3) is 11.8. The Hall–Kier alpha value is -4.17. The number of alkyl halides is 9. The van der Waals surface area contributed by atoms with Crippen molar-refractivity contribution < 1.29 is 69.2 Å². The van der Waals surface area contributed by atoms with Crippen LogP contribution >= 0.6 is 11.3 Å². The number of halogens is 9. The van der Waals surface area contributed by atoms with E-state index < -0.39 is 36.4 Å². The molecular weight excluding hydrogens is 691 g/mol. The number of aliphatic carboxylic acids is 3. The second kappa shape index (κ2) is 16.3. The predicted octanol–water partition coefficient (Wildman–Crippen LogP) is 5.91. The summed E-state index contributed by atoms with van der Waals surface area (Å²) in [6.45, 7) is 7.54. The van der Waals surface area contributed by atoms with Crippen LogP contribution in [0.1, 0.15) is 28.4 Å². The van der Waals surface area contributed by atoms with Crippen LogP contribution in [-0.4, -0.2) is 85.8 Å². The first-order chi connectivity index (χ1) is 22.1. The highest BCUT2D eigenvalue weighted by Gasteiger charge is 2.42. The number of hydrogen-bond donors (Lipinski definition) is 4. The molecule has 2 aliphatic heterocycles. The number of benzene rings is 1. The number of aromatic nitrogens is 2. The van der Waals surface area contributed by atoms with Crippen LogP contribution < -0.4 is 5.32 Å². The number of aryl methyl sites for hydroxylation is 1. The zero-order valence-corrected chi connectivity index (χ0v) is 25.6. The zero-order chi connectivity index (χ0) is 36.5. The number of imidazole rings is 1. The number of thiophene rings is 1. The van der Waals surface area contributed by atoms with E-state index in [4.69, 9.17) is 34.7 Å². The Labute approximate surface area is 270 Å². The highest BCUT2D eigenvalue weighted by atomic mass is 32.1. The molecule has 4 N–H and O–H groups in total. The number of hydrogen-bond acceptors (Lipinski definition) is 7. The number of rotatable bonds is 3. The average Bonchev–Trinajstić information content (AvgIpc) is 3.61. The van der Waals surface area contributed by atoms with Gasteiger partial charge in [0, 0.05) is 42.5 Å². The van der Waals surface area contributed by atoms with Gasteiger partial charge in [-0.1, -0.05) is 30.3 Å². The van der Waals surface area contributed by atoms with Crippen molar-refractivity contribution in [2.45, 2.75) is 56.9 Å². The minimum Gasteiger partial charge on any atom is -0.475 e. The largest absolute Gasteiger partial charge is 0.490 e. The lowest BCUT2D eigenvalue weighted by Gasteiger charge is -2.44. The van der Waals surface area contributed by atoms with Crippen LogP contribution in [0.2, 0.25) is 0 Å². The van der Waals surface area contributed by atoms with Gasteiger partial charge >= 0.3 is 36.4 Å². The first kappa shape index (κ1) is 40.0. The number of nitrogens with zero attached hydrogens (tertiary/aromatic N) is 3. The van der Waals surface area contributed by atoms with Crippen LogP contribution in [0.3, 0.4) is 0 Å². The fourth-order valence-corrected chi connectivity index (χ4v) is 5.53. The Morgan fingerprint density at radius 3 is 1.71 bits per heavy atom. The summed E-state index contributed by atoms with van der Waals surface area (Å²) in [7, 11) is 0. The topological polar surface area (TPSA) is 145 Å². The molecule has 2 aromatic heterocycles. The first-order valence-electron chi connectivity index (χ1n) is 13.6. The monoisotopic (exact) mass is 720 g/mol. The molecule has 0 saturated carbocycles. The van der Waals surface area contributed by atoms with Crippen LogP contribution in [0.4, 0.5) is 39.5 Å². The lowest BCUT2D eigenvalue weighted by molar-refractivity contribution is -0.193. The summed E-state index contributed by atoms with van der Waals surface area (Å²) in [5.74, 6) is -7.04. The molecule has 1 fully saturated rings. The quantitative estimate of drug-likeness (QED) is 0.243. The maximum Gasteiger partial charge on any atom is 0.490 e. The van der Waals surface area contributed by atoms with Gasteiger partial charge in [-0.3, -0.25) is 4.90 Å². The molecule has 3 aromatic rings. The van der Waals surface area contributed by atoms with E-state index in [-0.39, 0.29) is 5.54 Å². The van der Waals surface area contributed by atoms with E-state index in [0.29, 0.717) is 0 Å². The predicted molar refractivity (Wildman–Crippen MR) is 152 cm³/mol. The molecule has 1 spiro atoms. The minimum absolute atomic E-state index is 0.0349. The molecule has 0 aliphatic carbocycles. The molecule has 0 bridgehead atoms. The van der Waals surface area contributed by atoms with Crippen molar-refractivity contribution >= 4 is 29.2 Å². The summed E-state index contributed by atoms with van der Waals surface area (Å²) in [6.07, 6.45) is -10.9. The van der Waals surface area contributed by atoms with Gasteiger partial charge in [0.2, 0.25) is 0 Å². The molecule has 20 heteroatoms. The van der Waals surface area contributed by atoms with Crippen molar-refractivity contribution in [3.8, 4) is 11.3 Å². The Kier molecular flexibility index (Phi) is 13.6. The number of carboxylic acids is 3. The third-order valence-corrected chi connectivity index (χ3v) is 7.75. The molecule has 0 amide bonds. The van der Waals surface area contributed by atoms with Gasteiger partial charge < -0.3 is 25.2 Å². The lowest BCUT2D eigenvalue weighted by atomic mass is 9.85. The average molecular weight is 721 g/mol. The molecule has 1 saturated heterocycles. The van der Waals surface area contributed by atoms with Gasteiger partial charge in [0.25, 0.3) is 0 Å². The van der Waals surface area contributed by atoms with Gasteiger partial charge in [0.05, 0.1) is 17.4 Å². The highest BCUT2D eigenvalue weighted by Crippen LogP contribution is 2.37. The number of nitrogens with one attached hydrogen (secondary N) is 1. The molecular formula is C28H29F9N4O6S. The second-order valence-corrected chi connectivity index (χ2v) is 11.6. The molecule has 48 heavy (non-hydrogen) atoms. The van der Waals surface area contributed by atoms with Gasteiger partial charge in [0.1, 0.15) is 5.82 Å². The normalized spacial score (nSPS) is 15.8. The number of likely N-dealkylation sites (tertiary alicyclic amines) is 1. The van der Waals surface area contributed by atoms with Crippen molar-refractivity contribution in [2.75, 3.05) is 19.6 Å². The highest BCUT2D eigenvalue weighted by molar-refractivity contribution is 7.11. The van der Waals surface area contributed by atoms with Crippen molar-refractivity contribution in [1.82, 2.24) is 19.8 Å². The molecule has 0 atom stereocenters. The lowest BCUT2D eigenvalue weighted by Crippen LogP contribution is -2.55.